The number of aromatic nitrogens is 2. The fourth-order valence-electron chi connectivity index (χ4n) is 1.41. The lowest BCUT2D eigenvalue weighted by Crippen LogP contribution is -2.07. The molecule has 2 aromatic rings. The van der Waals surface area contributed by atoms with E-state index < -0.39 is 5.97 Å². The number of esters is 1. The summed E-state index contributed by atoms with van der Waals surface area (Å²) in [6.07, 6.45) is 3.07. The van der Waals surface area contributed by atoms with E-state index in [0.717, 1.165) is 0 Å². The van der Waals surface area contributed by atoms with Gasteiger partial charge in [0.25, 0.3) is 0 Å². The molecule has 0 saturated heterocycles. The number of nitrogens with zero attached hydrogens (tertiary/aromatic N) is 3. The van der Waals surface area contributed by atoms with E-state index in [1.165, 1.54) is 6.20 Å². The SMILES string of the molecule is CCOC(=O)c1cnc2cc(C#N)ccn12. The second-order valence-electron chi connectivity index (χ2n) is 3.12. The minimum Gasteiger partial charge on any atom is -0.461 e. The maximum atomic E-state index is 11.5. The molecule has 0 atom stereocenters. The van der Waals surface area contributed by atoms with Gasteiger partial charge in [-0.2, -0.15) is 5.26 Å². The Labute approximate surface area is 91.9 Å². The lowest BCUT2D eigenvalue weighted by molar-refractivity contribution is 0.0518. The molecule has 0 aliphatic carbocycles. The van der Waals surface area contributed by atoms with E-state index in [1.807, 2.05) is 6.07 Å². The molecule has 0 amide bonds. The third kappa shape index (κ3) is 1.61. The van der Waals surface area contributed by atoms with Gasteiger partial charge in [0.2, 0.25) is 0 Å². The molecule has 2 rings (SSSR count). The lowest BCUT2D eigenvalue weighted by atomic mass is 10.3. The molecule has 0 N–H and O–H groups in total. The summed E-state index contributed by atoms with van der Waals surface area (Å²) < 4.78 is 6.48. The van der Waals surface area contributed by atoms with Gasteiger partial charge < -0.3 is 4.74 Å². The molecule has 0 aliphatic heterocycles. The van der Waals surface area contributed by atoms with E-state index in [9.17, 15) is 4.79 Å². The van der Waals surface area contributed by atoms with Crippen LogP contribution in [0.2, 0.25) is 0 Å². The molecule has 0 saturated carbocycles. The molecule has 0 aliphatic rings. The van der Waals surface area contributed by atoms with Gasteiger partial charge in [0.15, 0.2) is 5.69 Å². The number of ether oxygens (including phenoxy) is 1. The molecule has 0 bridgehead atoms. The summed E-state index contributed by atoms with van der Waals surface area (Å²) in [6, 6.07) is 5.25. The van der Waals surface area contributed by atoms with Crippen molar-refractivity contribution in [3.8, 4) is 6.07 Å². The maximum absolute atomic E-state index is 11.5. The largest absolute Gasteiger partial charge is 0.461 e. The molecular formula is C11H9N3O2. The van der Waals surface area contributed by atoms with Crippen LogP contribution in [0.1, 0.15) is 23.0 Å². The number of hydrogen-bond donors (Lipinski definition) is 0. The van der Waals surface area contributed by atoms with Crippen LogP contribution in [-0.4, -0.2) is 22.0 Å². The second kappa shape index (κ2) is 4.03. The summed E-state index contributed by atoms with van der Waals surface area (Å²) in [7, 11) is 0. The fourth-order valence-corrected chi connectivity index (χ4v) is 1.41. The lowest BCUT2D eigenvalue weighted by Gasteiger charge is -2.01. The quantitative estimate of drug-likeness (QED) is 0.710. The smallest absolute Gasteiger partial charge is 0.356 e. The molecule has 2 heterocycles. The molecule has 0 fully saturated rings. The van der Waals surface area contributed by atoms with E-state index in [0.29, 0.717) is 23.5 Å². The molecule has 80 valence electrons. The Morgan fingerprint density at radius 1 is 1.69 bits per heavy atom. The third-order valence-electron chi connectivity index (χ3n) is 2.13. The first kappa shape index (κ1) is 10.2. The Morgan fingerprint density at radius 2 is 2.50 bits per heavy atom. The van der Waals surface area contributed by atoms with Crippen LogP contribution in [0, 0.1) is 11.3 Å². The zero-order chi connectivity index (χ0) is 11.5. The predicted molar refractivity (Wildman–Crippen MR) is 55.9 cm³/mol. The molecule has 0 spiro atoms. The van der Waals surface area contributed by atoms with E-state index in [4.69, 9.17) is 10.00 Å². The van der Waals surface area contributed by atoms with Crippen LogP contribution < -0.4 is 0 Å². The Balaban J connectivity index is 2.50. The fraction of sp³-hybridized carbons (Fsp3) is 0.182. The van der Waals surface area contributed by atoms with Crippen molar-refractivity contribution in [3.05, 3.63) is 35.8 Å². The molecular weight excluding hydrogens is 206 g/mol. The molecule has 5 nitrogen and oxygen atoms in total. The first-order valence-electron chi connectivity index (χ1n) is 4.80. The van der Waals surface area contributed by atoms with E-state index in [2.05, 4.69) is 4.98 Å². The zero-order valence-electron chi connectivity index (χ0n) is 8.67. The van der Waals surface area contributed by atoms with Gasteiger partial charge >= 0.3 is 5.97 Å². The zero-order valence-corrected chi connectivity index (χ0v) is 8.67. The molecule has 0 unspecified atom stereocenters. The summed E-state index contributed by atoms with van der Waals surface area (Å²) in [4.78, 5) is 15.6. The molecule has 0 radical (unpaired) electrons. The van der Waals surface area contributed by atoms with Crippen LogP contribution in [0.5, 0.6) is 0 Å². The van der Waals surface area contributed by atoms with Gasteiger partial charge in [-0.05, 0) is 19.1 Å². The van der Waals surface area contributed by atoms with Crippen LogP contribution >= 0.6 is 0 Å². The number of rotatable bonds is 2. The first-order valence-corrected chi connectivity index (χ1v) is 4.80. The van der Waals surface area contributed by atoms with Crippen molar-refractivity contribution in [1.82, 2.24) is 9.38 Å². The van der Waals surface area contributed by atoms with E-state index in [1.54, 1.807) is 29.7 Å². The van der Waals surface area contributed by atoms with Gasteiger partial charge in [-0.15, -0.1) is 0 Å². The average molecular weight is 215 g/mol. The monoisotopic (exact) mass is 215 g/mol. The van der Waals surface area contributed by atoms with Crippen molar-refractivity contribution in [3.63, 3.8) is 0 Å². The number of carbonyl (C=O) groups excluding carboxylic acids is 1. The highest BCUT2D eigenvalue weighted by molar-refractivity contribution is 5.88. The van der Waals surface area contributed by atoms with E-state index >= 15 is 0 Å². The second-order valence-corrected chi connectivity index (χ2v) is 3.12. The standard InChI is InChI=1S/C11H9N3O2/c1-2-16-11(15)9-7-13-10-5-8(6-12)3-4-14(9)10/h3-5,7H,2H2,1H3. The van der Waals surface area contributed by atoms with Crippen LogP contribution in [-0.2, 0) is 4.74 Å². The maximum Gasteiger partial charge on any atom is 0.356 e. The van der Waals surface area contributed by atoms with Crippen LogP contribution in [0.3, 0.4) is 0 Å². The Hall–Kier alpha value is -2.35. The van der Waals surface area contributed by atoms with Crippen molar-refractivity contribution in [2.75, 3.05) is 6.61 Å². The normalized spacial score (nSPS) is 10.0. The number of fused-ring (bicyclic) bond motifs is 1. The van der Waals surface area contributed by atoms with Crippen molar-refractivity contribution in [2.24, 2.45) is 0 Å². The van der Waals surface area contributed by atoms with Crippen molar-refractivity contribution < 1.29 is 9.53 Å². The van der Waals surface area contributed by atoms with Gasteiger partial charge in [0.05, 0.1) is 24.4 Å². The number of carbonyl (C=O) groups is 1. The van der Waals surface area contributed by atoms with Crippen LogP contribution in [0.4, 0.5) is 0 Å². The average Bonchev–Trinajstić information content (AvgIpc) is 2.71. The van der Waals surface area contributed by atoms with E-state index in [-0.39, 0.29) is 0 Å². The third-order valence-corrected chi connectivity index (χ3v) is 2.13. The minimum atomic E-state index is -0.417. The molecule has 0 aromatic carbocycles. The summed E-state index contributed by atoms with van der Waals surface area (Å²) in [5.41, 5.74) is 1.43. The van der Waals surface area contributed by atoms with Gasteiger partial charge in [0, 0.05) is 6.20 Å². The molecule has 16 heavy (non-hydrogen) atoms. The summed E-state index contributed by atoms with van der Waals surface area (Å²) in [6.45, 7) is 2.07. The Kier molecular flexibility index (Phi) is 2.56. The Morgan fingerprint density at radius 3 is 3.19 bits per heavy atom. The number of pyridine rings is 1. The highest BCUT2D eigenvalue weighted by atomic mass is 16.5. The minimum absolute atomic E-state index is 0.322. The van der Waals surface area contributed by atoms with Gasteiger partial charge in [0.1, 0.15) is 5.65 Å². The van der Waals surface area contributed by atoms with Gasteiger partial charge in [-0.3, -0.25) is 4.40 Å². The van der Waals surface area contributed by atoms with Crippen LogP contribution in [0.25, 0.3) is 5.65 Å². The van der Waals surface area contributed by atoms with Crippen molar-refractivity contribution >= 4 is 11.6 Å². The number of hydrogen-bond acceptors (Lipinski definition) is 4. The highest BCUT2D eigenvalue weighted by Gasteiger charge is 2.12. The Bertz CT molecular complexity index is 580. The van der Waals surface area contributed by atoms with Crippen molar-refractivity contribution in [2.45, 2.75) is 6.92 Å². The topological polar surface area (TPSA) is 67.4 Å². The molecule has 2 aromatic heterocycles. The van der Waals surface area contributed by atoms with Crippen molar-refractivity contribution in [1.29, 1.82) is 5.26 Å². The summed E-state index contributed by atoms with van der Waals surface area (Å²) in [5.74, 6) is -0.417. The van der Waals surface area contributed by atoms with Crippen LogP contribution in [0.15, 0.2) is 24.5 Å². The van der Waals surface area contributed by atoms with Gasteiger partial charge in [-0.25, -0.2) is 9.78 Å². The highest BCUT2D eigenvalue weighted by Crippen LogP contribution is 2.09. The first-order chi connectivity index (χ1) is 7.76. The van der Waals surface area contributed by atoms with Gasteiger partial charge in [-0.1, -0.05) is 0 Å². The number of imidazole rings is 1. The number of nitriles is 1. The summed E-state index contributed by atoms with van der Waals surface area (Å²) >= 11 is 0. The molecule has 5 heteroatoms. The predicted octanol–water partition coefficient (Wildman–Crippen LogP) is 1.38. The summed E-state index contributed by atoms with van der Waals surface area (Å²) in [5, 5.41) is 8.72.